The van der Waals surface area contributed by atoms with Crippen LogP contribution in [0.5, 0.6) is 0 Å². The van der Waals surface area contributed by atoms with Crippen LogP contribution in [0.2, 0.25) is 0 Å². The van der Waals surface area contributed by atoms with Crippen LogP contribution in [0.25, 0.3) is 5.65 Å². The molecule has 0 aromatic carbocycles. The van der Waals surface area contributed by atoms with Gasteiger partial charge in [-0.25, -0.2) is 9.97 Å². The van der Waals surface area contributed by atoms with E-state index in [9.17, 15) is 0 Å². The summed E-state index contributed by atoms with van der Waals surface area (Å²) in [6.45, 7) is 3.02. The Kier molecular flexibility index (Phi) is 4.86. The largest absolute Gasteiger partial charge is 0.449 e. The minimum absolute atomic E-state index is 0.255. The molecule has 29 heavy (non-hydrogen) atoms. The quantitative estimate of drug-likeness (QED) is 0.503. The Morgan fingerprint density at radius 3 is 2.83 bits per heavy atom. The first-order valence-corrected chi connectivity index (χ1v) is 10.3. The Morgan fingerprint density at radius 2 is 2.00 bits per heavy atom. The third-order valence-electron chi connectivity index (χ3n) is 5.91. The molecule has 4 aromatic rings. The van der Waals surface area contributed by atoms with Gasteiger partial charge >= 0.3 is 0 Å². The highest BCUT2D eigenvalue weighted by Crippen LogP contribution is 2.41. The van der Waals surface area contributed by atoms with Crippen molar-refractivity contribution < 1.29 is 4.42 Å². The van der Waals surface area contributed by atoms with Crippen LogP contribution >= 0.6 is 0 Å². The van der Waals surface area contributed by atoms with E-state index in [-0.39, 0.29) is 12.1 Å². The van der Waals surface area contributed by atoms with Crippen LogP contribution < -0.4 is 0 Å². The normalized spacial score (nSPS) is 20.3. The predicted molar refractivity (Wildman–Crippen MR) is 110 cm³/mol. The van der Waals surface area contributed by atoms with Crippen molar-refractivity contribution in [3.05, 3.63) is 84.2 Å². The minimum atomic E-state index is 0.255. The lowest BCUT2D eigenvalue weighted by Crippen LogP contribution is -2.38. The summed E-state index contributed by atoms with van der Waals surface area (Å²) in [5.41, 5.74) is 4.54. The number of aryl methyl sites for hydroxylation is 1. The summed E-state index contributed by atoms with van der Waals surface area (Å²) in [6.07, 6.45) is 13.6. The molecule has 5 heterocycles. The molecular weight excluding hydrogens is 362 g/mol. The van der Waals surface area contributed by atoms with Crippen molar-refractivity contribution in [3.63, 3.8) is 0 Å². The van der Waals surface area contributed by atoms with Gasteiger partial charge in [0, 0.05) is 31.6 Å². The maximum atomic E-state index is 5.51. The summed E-state index contributed by atoms with van der Waals surface area (Å²) in [5.74, 6) is 0.779. The molecule has 1 aliphatic rings. The molecule has 2 unspecified atom stereocenters. The Labute approximate surface area is 170 Å². The van der Waals surface area contributed by atoms with Gasteiger partial charge in [-0.15, -0.1) is 0 Å². The highest BCUT2D eigenvalue weighted by molar-refractivity contribution is 5.40. The van der Waals surface area contributed by atoms with Gasteiger partial charge in [-0.1, -0.05) is 12.1 Å². The van der Waals surface area contributed by atoms with Crippen molar-refractivity contribution in [1.82, 2.24) is 24.3 Å². The summed E-state index contributed by atoms with van der Waals surface area (Å²) in [5, 5.41) is 0. The molecule has 5 rings (SSSR count). The van der Waals surface area contributed by atoms with Crippen molar-refractivity contribution in [2.45, 2.75) is 44.7 Å². The zero-order chi connectivity index (χ0) is 19.6. The van der Waals surface area contributed by atoms with Gasteiger partial charge in [0.15, 0.2) is 5.89 Å². The Balaban J connectivity index is 1.51. The third-order valence-corrected chi connectivity index (χ3v) is 5.91. The van der Waals surface area contributed by atoms with Crippen molar-refractivity contribution in [2.24, 2.45) is 0 Å². The van der Waals surface area contributed by atoms with E-state index in [0.29, 0.717) is 0 Å². The van der Waals surface area contributed by atoms with E-state index >= 15 is 0 Å². The SMILES string of the molecule is Cc1cccnc1C1CCCC(c2cn3ccccc3n2)N1CCc1ncco1. The highest BCUT2D eigenvalue weighted by Gasteiger charge is 2.35. The van der Waals surface area contributed by atoms with Crippen LogP contribution in [0.1, 0.15) is 54.2 Å². The summed E-state index contributed by atoms with van der Waals surface area (Å²) >= 11 is 0. The number of hydrogen-bond donors (Lipinski definition) is 0. The van der Waals surface area contributed by atoms with Gasteiger partial charge < -0.3 is 8.82 Å². The molecule has 6 heteroatoms. The van der Waals surface area contributed by atoms with E-state index < -0.39 is 0 Å². The maximum absolute atomic E-state index is 5.51. The van der Waals surface area contributed by atoms with E-state index in [0.717, 1.165) is 49.5 Å². The minimum Gasteiger partial charge on any atom is -0.449 e. The van der Waals surface area contributed by atoms with Crippen LogP contribution in [0.4, 0.5) is 0 Å². The summed E-state index contributed by atoms with van der Waals surface area (Å²) < 4.78 is 7.61. The number of aromatic nitrogens is 4. The predicted octanol–water partition coefficient (Wildman–Crippen LogP) is 4.54. The van der Waals surface area contributed by atoms with Crippen molar-refractivity contribution in [3.8, 4) is 0 Å². The highest BCUT2D eigenvalue weighted by atomic mass is 16.3. The lowest BCUT2D eigenvalue weighted by molar-refractivity contribution is 0.0762. The zero-order valence-corrected chi connectivity index (χ0v) is 16.6. The summed E-state index contributed by atoms with van der Waals surface area (Å²) in [6, 6.07) is 10.8. The first-order valence-electron chi connectivity index (χ1n) is 10.3. The van der Waals surface area contributed by atoms with Crippen LogP contribution in [0, 0.1) is 6.92 Å². The molecule has 0 spiro atoms. The number of fused-ring (bicyclic) bond motifs is 1. The molecule has 0 radical (unpaired) electrons. The molecule has 148 valence electrons. The van der Waals surface area contributed by atoms with E-state index in [1.165, 1.54) is 11.3 Å². The standard InChI is InChI=1S/C23H25N5O/c1-17-6-5-11-25-23(17)20-8-4-7-19(28(20)14-10-22-24-12-15-29-22)18-16-27-13-3-2-9-21(27)26-18/h2-3,5-6,9,11-13,15-16,19-20H,4,7-8,10,14H2,1H3. The van der Waals surface area contributed by atoms with Gasteiger partial charge in [-0.3, -0.25) is 9.88 Å². The number of pyridine rings is 2. The lowest BCUT2D eigenvalue weighted by atomic mass is 9.90. The number of imidazole rings is 1. The molecule has 0 amide bonds. The van der Waals surface area contributed by atoms with Crippen molar-refractivity contribution >= 4 is 5.65 Å². The summed E-state index contributed by atoms with van der Waals surface area (Å²) in [7, 11) is 0. The van der Waals surface area contributed by atoms with Crippen molar-refractivity contribution in [1.29, 1.82) is 0 Å². The molecule has 0 aliphatic carbocycles. The number of oxazole rings is 1. The molecule has 1 fully saturated rings. The van der Waals surface area contributed by atoms with Gasteiger partial charge in [0.25, 0.3) is 0 Å². The van der Waals surface area contributed by atoms with E-state index in [2.05, 4.69) is 45.7 Å². The fourth-order valence-electron chi connectivity index (χ4n) is 4.54. The van der Waals surface area contributed by atoms with Crippen LogP contribution in [-0.4, -0.2) is 30.8 Å². The van der Waals surface area contributed by atoms with Crippen LogP contribution in [0.15, 0.2) is 65.8 Å². The van der Waals surface area contributed by atoms with Gasteiger partial charge in [0.2, 0.25) is 0 Å². The topological polar surface area (TPSA) is 59.5 Å². The Morgan fingerprint density at radius 1 is 1.07 bits per heavy atom. The second kappa shape index (κ2) is 7.79. The molecule has 1 aliphatic heterocycles. The molecule has 2 atom stereocenters. The first-order chi connectivity index (χ1) is 14.3. The van der Waals surface area contributed by atoms with Crippen LogP contribution in [0.3, 0.4) is 0 Å². The number of piperidine rings is 1. The summed E-state index contributed by atoms with van der Waals surface area (Å²) in [4.78, 5) is 16.6. The maximum Gasteiger partial charge on any atom is 0.195 e. The first kappa shape index (κ1) is 18.1. The molecule has 4 aromatic heterocycles. The van der Waals surface area contributed by atoms with Gasteiger partial charge in [0.05, 0.1) is 29.7 Å². The fraction of sp³-hybridized carbons (Fsp3) is 0.348. The lowest BCUT2D eigenvalue weighted by Gasteiger charge is -2.41. The fourth-order valence-corrected chi connectivity index (χ4v) is 4.54. The van der Waals surface area contributed by atoms with E-state index in [1.807, 2.05) is 24.4 Å². The Bertz CT molecular complexity index is 1050. The number of rotatable bonds is 5. The number of nitrogens with zero attached hydrogens (tertiary/aromatic N) is 5. The zero-order valence-electron chi connectivity index (χ0n) is 16.6. The number of hydrogen-bond acceptors (Lipinski definition) is 5. The third kappa shape index (κ3) is 3.56. The van der Waals surface area contributed by atoms with Crippen LogP contribution in [-0.2, 0) is 6.42 Å². The second-order valence-corrected chi connectivity index (χ2v) is 7.71. The second-order valence-electron chi connectivity index (χ2n) is 7.71. The molecule has 0 bridgehead atoms. The van der Waals surface area contributed by atoms with Gasteiger partial charge in [0.1, 0.15) is 11.9 Å². The average Bonchev–Trinajstić information content (AvgIpc) is 3.42. The van der Waals surface area contributed by atoms with Crippen molar-refractivity contribution in [2.75, 3.05) is 6.54 Å². The average molecular weight is 387 g/mol. The molecule has 0 N–H and O–H groups in total. The van der Waals surface area contributed by atoms with E-state index in [4.69, 9.17) is 14.4 Å². The molecule has 6 nitrogen and oxygen atoms in total. The molecular formula is C23H25N5O. The Hall–Kier alpha value is -2.99. The van der Waals surface area contributed by atoms with Gasteiger partial charge in [-0.2, -0.15) is 0 Å². The van der Waals surface area contributed by atoms with E-state index in [1.54, 1.807) is 12.5 Å². The van der Waals surface area contributed by atoms with Gasteiger partial charge in [-0.05, 0) is 49.9 Å². The number of likely N-dealkylation sites (tertiary alicyclic amines) is 1. The molecule has 0 saturated carbocycles. The monoisotopic (exact) mass is 387 g/mol. The molecule has 1 saturated heterocycles. The smallest absolute Gasteiger partial charge is 0.195 e.